The van der Waals surface area contributed by atoms with Gasteiger partial charge in [-0.15, -0.1) is 0 Å². The van der Waals surface area contributed by atoms with Crippen LogP contribution in [0.4, 0.5) is 15.9 Å². The van der Waals surface area contributed by atoms with Crippen LogP contribution in [0.15, 0.2) is 54.9 Å². The van der Waals surface area contributed by atoms with Crippen LogP contribution in [0.5, 0.6) is 11.6 Å². The molecular formula is C21H20ClFN4O. The highest BCUT2D eigenvalue weighted by atomic mass is 35.5. The van der Waals surface area contributed by atoms with E-state index in [4.69, 9.17) is 16.3 Å². The third-order valence-corrected chi connectivity index (χ3v) is 5.03. The van der Waals surface area contributed by atoms with Crippen LogP contribution in [0, 0.1) is 12.7 Å². The van der Waals surface area contributed by atoms with Crippen molar-refractivity contribution in [2.24, 2.45) is 0 Å². The normalized spacial score (nSPS) is 14.2. The third kappa shape index (κ3) is 4.17. The summed E-state index contributed by atoms with van der Waals surface area (Å²) in [6, 6.07) is 14.4. The monoisotopic (exact) mass is 398 g/mol. The minimum Gasteiger partial charge on any atom is -0.437 e. The first-order valence-corrected chi connectivity index (χ1v) is 9.48. The van der Waals surface area contributed by atoms with Crippen LogP contribution < -0.4 is 14.5 Å². The largest absolute Gasteiger partial charge is 0.437 e. The Morgan fingerprint density at radius 2 is 1.64 bits per heavy atom. The van der Waals surface area contributed by atoms with E-state index < -0.39 is 5.82 Å². The van der Waals surface area contributed by atoms with Gasteiger partial charge in [0.15, 0.2) is 0 Å². The number of hydrogen-bond donors (Lipinski definition) is 0. The quantitative estimate of drug-likeness (QED) is 0.637. The van der Waals surface area contributed by atoms with E-state index in [1.54, 1.807) is 6.07 Å². The zero-order chi connectivity index (χ0) is 19.5. The molecule has 0 N–H and O–H groups in total. The minimum atomic E-state index is -0.410. The van der Waals surface area contributed by atoms with Gasteiger partial charge in [-0.25, -0.2) is 14.4 Å². The molecule has 1 aliphatic rings. The van der Waals surface area contributed by atoms with Crippen LogP contribution in [-0.4, -0.2) is 36.1 Å². The number of anilines is 2. The molecule has 0 saturated carbocycles. The molecule has 0 radical (unpaired) electrons. The maximum atomic E-state index is 13.2. The first-order chi connectivity index (χ1) is 13.6. The molecule has 2 aromatic carbocycles. The number of halogens is 2. The van der Waals surface area contributed by atoms with Gasteiger partial charge in [0.1, 0.15) is 23.7 Å². The first-order valence-electron chi connectivity index (χ1n) is 9.10. The van der Waals surface area contributed by atoms with Gasteiger partial charge in [-0.2, -0.15) is 0 Å². The van der Waals surface area contributed by atoms with Crippen LogP contribution in [0.1, 0.15) is 5.56 Å². The summed E-state index contributed by atoms with van der Waals surface area (Å²) in [4.78, 5) is 13.1. The Bertz CT molecular complexity index is 959. The van der Waals surface area contributed by atoms with Crippen molar-refractivity contribution in [1.29, 1.82) is 0 Å². The molecule has 144 valence electrons. The summed E-state index contributed by atoms with van der Waals surface area (Å²) < 4.78 is 18.9. The van der Waals surface area contributed by atoms with E-state index in [2.05, 4.69) is 51.0 Å². The van der Waals surface area contributed by atoms with E-state index in [1.165, 1.54) is 35.8 Å². The first kappa shape index (κ1) is 18.5. The molecule has 1 saturated heterocycles. The Balaban J connectivity index is 1.43. The van der Waals surface area contributed by atoms with Crippen molar-refractivity contribution < 1.29 is 9.13 Å². The van der Waals surface area contributed by atoms with Crippen molar-refractivity contribution in [3.05, 3.63) is 71.3 Å². The number of benzene rings is 2. The van der Waals surface area contributed by atoms with Gasteiger partial charge in [-0.3, -0.25) is 0 Å². The van der Waals surface area contributed by atoms with Crippen LogP contribution in [0.2, 0.25) is 5.02 Å². The molecule has 1 aromatic heterocycles. The fourth-order valence-corrected chi connectivity index (χ4v) is 3.38. The van der Waals surface area contributed by atoms with E-state index in [0.29, 0.717) is 11.6 Å². The maximum absolute atomic E-state index is 13.2. The molecule has 4 rings (SSSR count). The molecule has 0 bridgehead atoms. The molecule has 7 heteroatoms. The fourth-order valence-electron chi connectivity index (χ4n) is 3.18. The van der Waals surface area contributed by atoms with Gasteiger partial charge in [0.25, 0.3) is 0 Å². The Morgan fingerprint density at radius 1 is 0.929 bits per heavy atom. The molecule has 0 unspecified atom stereocenters. The highest BCUT2D eigenvalue weighted by molar-refractivity contribution is 6.32. The van der Waals surface area contributed by atoms with Gasteiger partial charge in [0, 0.05) is 37.9 Å². The highest BCUT2D eigenvalue weighted by Crippen LogP contribution is 2.30. The molecular weight excluding hydrogens is 379 g/mol. The summed E-state index contributed by atoms with van der Waals surface area (Å²) in [5.74, 6) is 1.12. The lowest BCUT2D eigenvalue weighted by Crippen LogP contribution is -2.46. The lowest BCUT2D eigenvalue weighted by molar-refractivity contribution is 0.459. The Hall–Kier alpha value is -2.86. The molecule has 0 spiro atoms. The Kier molecular flexibility index (Phi) is 5.30. The lowest BCUT2D eigenvalue weighted by Gasteiger charge is -2.36. The molecule has 1 aliphatic heterocycles. The average Bonchev–Trinajstić information content (AvgIpc) is 2.71. The summed E-state index contributed by atoms with van der Waals surface area (Å²) in [7, 11) is 0. The molecule has 1 fully saturated rings. The van der Waals surface area contributed by atoms with Crippen molar-refractivity contribution in [2.75, 3.05) is 36.0 Å². The second kappa shape index (κ2) is 8.02. The van der Waals surface area contributed by atoms with Gasteiger partial charge < -0.3 is 14.5 Å². The number of hydrogen-bond acceptors (Lipinski definition) is 5. The van der Waals surface area contributed by atoms with Crippen molar-refractivity contribution in [2.45, 2.75) is 6.92 Å². The van der Waals surface area contributed by atoms with Gasteiger partial charge in [0.2, 0.25) is 5.88 Å². The smallest absolute Gasteiger partial charge is 0.224 e. The van der Waals surface area contributed by atoms with Crippen molar-refractivity contribution in [1.82, 2.24) is 9.97 Å². The molecule has 5 nitrogen and oxygen atoms in total. The highest BCUT2D eigenvalue weighted by Gasteiger charge is 2.19. The van der Waals surface area contributed by atoms with Gasteiger partial charge in [0.05, 0.1) is 5.02 Å². The maximum Gasteiger partial charge on any atom is 0.224 e. The Morgan fingerprint density at radius 3 is 2.36 bits per heavy atom. The van der Waals surface area contributed by atoms with Crippen molar-refractivity contribution in [3.63, 3.8) is 0 Å². The summed E-state index contributed by atoms with van der Waals surface area (Å²) >= 11 is 6.03. The zero-order valence-electron chi connectivity index (χ0n) is 15.5. The van der Waals surface area contributed by atoms with Crippen LogP contribution >= 0.6 is 11.6 Å². The summed E-state index contributed by atoms with van der Waals surface area (Å²) in [6.45, 7) is 5.61. The number of aryl methyl sites for hydroxylation is 1. The molecule has 0 amide bonds. The number of ether oxygens (including phenoxy) is 1. The minimum absolute atomic E-state index is 0.201. The van der Waals surface area contributed by atoms with Crippen LogP contribution in [0.25, 0.3) is 0 Å². The fraction of sp³-hybridized carbons (Fsp3) is 0.238. The molecule has 0 atom stereocenters. The summed E-state index contributed by atoms with van der Waals surface area (Å²) in [6.07, 6.45) is 1.47. The number of rotatable bonds is 4. The second-order valence-corrected chi connectivity index (χ2v) is 7.11. The predicted molar refractivity (Wildman–Crippen MR) is 109 cm³/mol. The van der Waals surface area contributed by atoms with E-state index in [1.807, 2.05) is 0 Å². The predicted octanol–water partition coefficient (Wildman–Crippen LogP) is 4.70. The molecule has 0 aliphatic carbocycles. The van der Waals surface area contributed by atoms with E-state index >= 15 is 0 Å². The average molecular weight is 399 g/mol. The number of aromatic nitrogens is 2. The third-order valence-electron chi connectivity index (χ3n) is 4.74. The molecule has 3 aromatic rings. The molecule has 28 heavy (non-hydrogen) atoms. The van der Waals surface area contributed by atoms with Crippen LogP contribution in [0.3, 0.4) is 0 Å². The second-order valence-electron chi connectivity index (χ2n) is 6.70. The SMILES string of the molecule is Cc1ccc(N2CCN(c3cc(Oc4ccc(F)cc4Cl)ncn3)CC2)cc1. The Labute approximate surface area is 168 Å². The van der Waals surface area contributed by atoms with Crippen molar-refractivity contribution in [3.8, 4) is 11.6 Å². The summed E-state index contributed by atoms with van der Waals surface area (Å²) in [5.41, 5.74) is 2.50. The standard InChI is InChI=1S/C21H20ClFN4O/c1-15-2-5-17(6-3-15)26-8-10-27(11-9-26)20-13-21(25-14-24-20)28-19-7-4-16(23)12-18(19)22/h2-7,12-14H,8-11H2,1H3. The zero-order valence-corrected chi connectivity index (χ0v) is 16.2. The van der Waals surface area contributed by atoms with Gasteiger partial charge in [-0.1, -0.05) is 29.3 Å². The lowest BCUT2D eigenvalue weighted by atomic mass is 10.2. The van der Waals surface area contributed by atoms with E-state index in [9.17, 15) is 4.39 Å². The van der Waals surface area contributed by atoms with Crippen molar-refractivity contribution >= 4 is 23.1 Å². The van der Waals surface area contributed by atoms with E-state index in [-0.39, 0.29) is 5.02 Å². The van der Waals surface area contributed by atoms with Crippen LogP contribution in [-0.2, 0) is 0 Å². The van der Waals surface area contributed by atoms with Gasteiger partial charge in [-0.05, 0) is 37.3 Å². The van der Waals surface area contributed by atoms with Gasteiger partial charge >= 0.3 is 0 Å². The number of piperazine rings is 1. The summed E-state index contributed by atoms with van der Waals surface area (Å²) in [5, 5.41) is 0.201. The molecule has 2 heterocycles. The topological polar surface area (TPSA) is 41.5 Å². The number of nitrogens with zero attached hydrogens (tertiary/aromatic N) is 4. The van der Waals surface area contributed by atoms with E-state index in [0.717, 1.165) is 32.0 Å².